The van der Waals surface area contributed by atoms with Crippen molar-refractivity contribution < 1.29 is 4.79 Å². The molecule has 0 aliphatic rings. The zero-order valence-corrected chi connectivity index (χ0v) is 18.2. The highest BCUT2D eigenvalue weighted by molar-refractivity contribution is 5.93. The number of rotatable bonds is 5. The molecule has 156 valence electrons. The number of carbonyl (C=O) groups is 1. The van der Waals surface area contributed by atoms with Crippen molar-refractivity contribution in [1.29, 1.82) is 0 Å². The zero-order chi connectivity index (χ0) is 22.0. The summed E-state index contributed by atoms with van der Waals surface area (Å²) < 4.78 is 1.61. The molecule has 4 aromatic rings. The molecule has 0 fully saturated rings. The highest BCUT2D eigenvalue weighted by Crippen LogP contribution is 2.22. The van der Waals surface area contributed by atoms with Gasteiger partial charge in [0.15, 0.2) is 0 Å². The number of nitrogens with one attached hydrogen (secondary N) is 1. The number of pyridine rings is 2. The van der Waals surface area contributed by atoms with E-state index in [0.717, 1.165) is 39.3 Å². The van der Waals surface area contributed by atoms with Gasteiger partial charge in [0.05, 0.1) is 11.4 Å². The Kier molecular flexibility index (Phi) is 5.62. The van der Waals surface area contributed by atoms with Crippen LogP contribution in [0, 0.1) is 20.8 Å². The van der Waals surface area contributed by atoms with Gasteiger partial charge in [0.1, 0.15) is 5.69 Å². The second-order valence-corrected chi connectivity index (χ2v) is 7.78. The van der Waals surface area contributed by atoms with Gasteiger partial charge in [-0.25, -0.2) is 0 Å². The van der Waals surface area contributed by atoms with Gasteiger partial charge in [-0.3, -0.25) is 19.4 Å². The SMILES string of the molecule is Cc1ccc(-c2cc(C(=O)NCc3cnc(-c4ccnc(C)c4)c(C)c3)n(C)n2)cc1. The third-order valence-electron chi connectivity index (χ3n) is 5.22. The van der Waals surface area contributed by atoms with Crippen LogP contribution in [0.15, 0.2) is 60.9 Å². The molecule has 0 spiro atoms. The quantitative estimate of drug-likeness (QED) is 0.528. The Morgan fingerprint density at radius 1 is 0.968 bits per heavy atom. The fraction of sp³-hybridized carbons (Fsp3) is 0.200. The van der Waals surface area contributed by atoms with E-state index in [1.54, 1.807) is 24.1 Å². The molecule has 1 amide bonds. The van der Waals surface area contributed by atoms with Gasteiger partial charge in [0, 0.05) is 42.8 Å². The number of hydrogen-bond donors (Lipinski definition) is 1. The summed E-state index contributed by atoms with van der Waals surface area (Å²) in [5, 5.41) is 7.47. The van der Waals surface area contributed by atoms with Crippen molar-refractivity contribution in [3.8, 4) is 22.5 Å². The number of nitrogens with zero attached hydrogens (tertiary/aromatic N) is 4. The lowest BCUT2D eigenvalue weighted by molar-refractivity contribution is 0.0941. The zero-order valence-electron chi connectivity index (χ0n) is 18.2. The lowest BCUT2D eigenvalue weighted by Crippen LogP contribution is -2.25. The minimum Gasteiger partial charge on any atom is -0.347 e. The Morgan fingerprint density at radius 3 is 2.45 bits per heavy atom. The number of carbonyl (C=O) groups excluding carboxylic acids is 1. The van der Waals surface area contributed by atoms with Crippen LogP contribution in [0.4, 0.5) is 0 Å². The van der Waals surface area contributed by atoms with Crippen molar-refractivity contribution in [2.75, 3.05) is 0 Å². The molecule has 3 aromatic heterocycles. The first-order valence-corrected chi connectivity index (χ1v) is 10.2. The first-order chi connectivity index (χ1) is 14.9. The van der Waals surface area contributed by atoms with Crippen LogP contribution >= 0.6 is 0 Å². The summed E-state index contributed by atoms with van der Waals surface area (Å²) in [6.45, 7) is 6.43. The Hall–Kier alpha value is -3.80. The molecular weight excluding hydrogens is 386 g/mol. The van der Waals surface area contributed by atoms with Gasteiger partial charge in [0.25, 0.3) is 5.91 Å². The van der Waals surface area contributed by atoms with Crippen LogP contribution in [-0.4, -0.2) is 25.7 Å². The molecule has 1 aromatic carbocycles. The fourth-order valence-corrected chi connectivity index (χ4v) is 3.54. The van der Waals surface area contributed by atoms with Crippen molar-refractivity contribution >= 4 is 5.91 Å². The highest BCUT2D eigenvalue weighted by Gasteiger charge is 2.14. The summed E-state index contributed by atoms with van der Waals surface area (Å²) in [6.07, 6.45) is 3.60. The number of benzene rings is 1. The molecule has 0 unspecified atom stereocenters. The molecule has 0 aliphatic heterocycles. The molecule has 4 rings (SSSR count). The summed E-state index contributed by atoms with van der Waals surface area (Å²) in [4.78, 5) is 21.6. The number of amides is 1. The van der Waals surface area contributed by atoms with Crippen LogP contribution in [0.3, 0.4) is 0 Å². The average molecular weight is 412 g/mol. The van der Waals surface area contributed by atoms with Gasteiger partial charge in [-0.05, 0) is 50.1 Å². The molecule has 0 saturated carbocycles. The smallest absolute Gasteiger partial charge is 0.269 e. The van der Waals surface area contributed by atoms with E-state index in [0.29, 0.717) is 12.2 Å². The number of aryl methyl sites for hydroxylation is 4. The van der Waals surface area contributed by atoms with Gasteiger partial charge >= 0.3 is 0 Å². The molecule has 0 aliphatic carbocycles. The van der Waals surface area contributed by atoms with Crippen LogP contribution in [-0.2, 0) is 13.6 Å². The van der Waals surface area contributed by atoms with E-state index in [1.807, 2.05) is 63.2 Å². The fourth-order valence-electron chi connectivity index (χ4n) is 3.54. The Bertz CT molecular complexity index is 1240. The molecule has 0 atom stereocenters. The number of hydrogen-bond acceptors (Lipinski definition) is 4. The summed E-state index contributed by atoms with van der Waals surface area (Å²) in [5.74, 6) is -0.167. The second-order valence-electron chi connectivity index (χ2n) is 7.78. The number of aromatic nitrogens is 4. The predicted molar refractivity (Wildman–Crippen MR) is 121 cm³/mol. The largest absolute Gasteiger partial charge is 0.347 e. The Morgan fingerprint density at radius 2 is 1.74 bits per heavy atom. The standard InChI is InChI=1S/C25H25N5O/c1-16-5-7-20(8-6-16)22-13-23(30(4)29-22)25(31)28-15-19-11-17(2)24(27-14-19)21-9-10-26-18(3)12-21/h5-14H,15H2,1-4H3,(H,28,31). The highest BCUT2D eigenvalue weighted by atomic mass is 16.2. The summed E-state index contributed by atoms with van der Waals surface area (Å²) in [5.41, 5.74) is 8.39. The van der Waals surface area contributed by atoms with Crippen molar-refractivity contribution in [2.45, 2.75) is 27.3 Å². The third kappa shape index (κ3) is 4.53. The lowest BCUT2D eigenvalue weighted by atomic mass is 10.1. The molecule has 31 heavy (non-hydrogen) atoms. The molecule has 1 N–H and O–H groups in total. The van der Waals surface area contributed by atoms with E-state index in [1.165, 1.54) is 5.56 Å². The first-order valence-electron chi connectivity index (χ1n) is 10.2. The Balaban J connectivity index is 1.46. The first kappa shape index (κ1) is 20.5. The van der Waals surface area contributed by atoms with E-state index in [4.69, 9.17) is 0 Å². The van der Waals surface area contributed by atoms with Gasteiger partial charge in [-0.2, -0.15) is 5.10 Å². The molecule has 0 bridgehead atoms. The molecule has 6 nitrogen and oxygen atoms in total. The molecule has 6 heteroatoms. The summed E-state index contributed by atoms with van der Waals surface area (Å²) in [6, 6.07) is 16.0. The maximum absolute atomic E-state index is 12.7. The summed E-state index contributed by atoms with van der Waals surface area (Å²) >= 11 is 0. The van der Waals surface area contributed by atoms with Gasteiger partial charge in [-0.1, -0.05) is 35.9 Å². The van der Waals surface area contributed by atoms with E-state index in [9.17, 15) is 4.79 Å². The maximum Gasteiger partial charge on any atom is 0.269 e. The topological polar surface area (TPSA) is 72.7 Å². The van der Waals surface area contributed by atoms with E-state index in [2.05, 4.69) is 26.4 Å². The van der Waals surface area contributed by atoms with Gasteiger partial charge in [-0.15, -0.1) is 0 Å². The maximum atomic E-state index is 12.7. The van der Waals surface area contributed by atoms with E-state index in [-0.39, 0.29) is 5.91 Å². The van der Waals surface area contributed by atoms with Crippen LogP contribution < -0.4 is 5.32 Å². The van der Waals surface area contributed by atoms with Crippen molar-refractivity contribution in [2.24, 2.45) is 7.05 Å². The normalized spacial score (nSPS) is 10.8. The van der Waals surface area contributed by atoms with Crippen molar-refractivity contribution in [1.82, 2.24) is 25.1 Å². The van der Waals surface area contributed by atoms with E-state index < -0.39 is 0 Å². The van der Waals surface area contributed by atoms with Crippen LogP contribution in [0.1, 0.15) is 32.9 Å². The Labute approximate surface area is 182 Å². The van der Waals surface area contributed by atoms with Crippen LogP contribution in [0.25, 0.3) is 22.5 Å². The molecule has 3 heterocycles. The lowest BCUT2D eigenvalue weighted by Gasteiger charge is -2.09. The predicted octanol–water partition coefficient (Wildman–Crippen LogP) is 4.40. The minimum atomic E-state index is -0.167. The molecule has 0 saturated heterocycles. The van der Waals surface area contributed by atoms with Crippen LogP contribution in [0.2, 0.25) is 0 Å². The average Bonchev–Trinajstić information content (AvgIpc) is 3.14. The summed E-state index contributed by atoms with van der Waals surface area (Å²) in [7, 11) is 1.78. The van der Waals surface area contributed by atoms with Crippen LogP contribution in [0.5, 0.6) is 0 Å². The van der Waals surface area contributed by atoms with Gasteiger partial charge < -0.3 is 5.32 Å². The molecular formula is C25H25N5O. The van der Waals surface area contributed by atoms with E-state index >= 15 is 0 Å². The third-order valence-corrected chi connectivity index (χ3v) is 5.22. The molecule has 0 radical (unpaired) electrons. The second kappa shape index (κ2) is 8.52. The van der Waals surface area contributed by atoms with Crippen molar-refractivity contribution in [3.05, 3.63) is 89.0 Å². The minimum absolute atomic E-state index is 0.167. The monoisotopic (exact) mass is 411 g/mol. The van der Waals surface area contributed by atoms with Crippen molar-refractivity contribution in [3.63, 3.8) is 0 Å². The van der Waals surface area contributed by atoms with Gasteiger partial charge in [0.2, 0.25) is 0 Å².